The van der Waals surface area contributed by atoms with Crippen LogP contribution in [0, 0.1) is 0 Å². The van der Waals surface area contributed by atoms with Crippen LogP contribution < -0.4 is 25.0 Å². The number of carbonyl (C=O) groups is 2. The van der Waals surface area contributed by atoms with Gasteiger partial charge in [0.15, 0.2) is 0 Å². The first-order valence-electron chi connectivity index (χ1n) is 9.27. The van der Waals surface area contributed by atoms with Gasteiger partial charge in [-0.1, -0.05) is 12.1 Å². The Morgan fingerprint density at radius 2 is 1.89 bits per heavy atom. The molecule has 1 fully saturated rings. The first-order valence-corrected chi connectivity index (χ1v) is 9.27. The molecule has 7 nitrogen and oxygen atoms in total. The van der Waals surface area contributed by atoms with Gasteiger partial charge in [0.25, 0.3) is 0 Å². The van der Waals surface area contributed by atoms with E-state index in [1.807, 2.05) is 24.3 Å². The molecule has 3 amide bonds. The largest absolute Gasteiger partial charge is 0.497 e. The van der Waals surface area contributed by atoms with Crippen LogP contribution in [0.5, 0.6) is 11.5 Å². The second kappa shape index (κ2) is 9.12. The summed E-state index contributed by atoms with van der Waals surface area (Å²) in [4.78, 5) is 25.8. The molecule has 3 rings (SSSR count). The highest BCUT2D eigenvalue weighted by Gasteiger charge is 2.24. The fraction of sp³-hybridized carbons (Fsp3) is 0.333. The van der Waals surface area contributed by atoms with Gasteiger partial charge in [-0.2, -0.15) is 0 Å². The van der Waals surface area contributed by atoms with Crippen LogP contribution in [0.2, 0.25) is 0 Å². The number of rotatable bonds is 7. The Balaban J connectivity index is 1.53. The first kappa shape index (κ1) is 19.5. The number of methoxy groups -OCH3 is 2. The molecular formula is C21H25N3O4. The fourth-order valence-corrected chi connectivity index (χ4v) is 3.17. The fourth-order valence-electron chi connectivity index (χ4n) is 3.17. The van der Waals surface area contributed by atoms with Gasteiger partial charge in [0.1, 0.15) is 11.5 Å². The van der Waals surface area contributed by atoms with Crippen molar-refractivity contribution in [3.8, 4) is 11.5 Å². The maximum absolute atomic E-state index is 12.1. The molecular weight excluding hydrogens is 358 g/mol. The van der Waals surface area contributed by atoms with Gasteiger partial charge >= 0.3 is 6.03 Å². The minimum Gasteiger partial charge on any atom is -0.497 e. The van der Waals surface area contributed by atoms with Crippen LogP contribution in [0.1, 0.15) is 18.4 Å². The van der Waals surface area contributed by atoms with Gasteiger partial charge in [-0.05, 0) is 42.7 Å². The van der Waals surface area contributed by atoms with Gasteiger partial charge in [-0.15, -0.1) is 0 Å². The predicted octanol–water partition coefficient (Wildman–Crippen LogP) is 3.19. The van der Waals surface area contributed by atoms with Crippen LogP contribution in [0.3, 0.4) is 0 Å². The minimum absolute atomic E-state index is 0.0929. The van der Waals surface area contributed by atoms with Crippen molar-refractivity contribution in [2.45, 2.75) is 19.3 Å². The highest BCUT2D eigenvalue weighted by atomic mass is 16.5. The molecule has 0 aliphatic carbocycles. The topological polar surface area (TPSA) is 79.9 Å². The van der Waals surface area contributed by atoms with Crippen LogP contribution in [-0.2, 0) is 11.2 Å². The number of hydrogen-bond donors (Lipinski definition) is 2. The van der Waals surface area contributed by atoms with Crippen molar-refractivity contribution < 1.29 is 19.1 Å². The summed E-state index contributed by atoms with van der Waals surface area (Å²) in [5.41, 5.74) is 2.45. The normalized spacial score (nSPS) is 13.4. The van der Waals surface area contributed by atoms with Crippen molar-refractivity contribution in [2.24, 2.45) is 0 Å². The molecule has 2 N–H and O–H groups in total. The number of nitrogens with one attached hydrogen (secondary N) is 2. The number of nitrogens with zero attached hydrogens (tertiary/aromatic N) is 1. The average molecular weight is 383 g/mol. The second-order valence-corrected chi connectivity index (χ2v) is 6.51. The lowest BCUT2D eigenvalue weighted by Gasteiger charge is -2.19. The molecule has 1 heterocycles. The molecule has 0 unspecified atom stereocenters. The Morgan fingerprint density at radius 3 is 2.54 bits per heavy atom. The summed E-state index contributed by atoms with van der Waals surface area (Å²) in [6, 6.07) is 12.7. The third kappa shape index (κ3) is 4.73. The van der Waals surface area contributed by atoms with Gasteiger partial charge in [0, 0.05) is 31.3 Å². The number of anilines is 2. The number of ether oxygens (including phenoxy) is 2. The van der Waals surface area contributed by atoms with Crippen molar-refractivity contribution in [2.75, 3.05) is 37.5 Å². The Bertz CT molecular complexity index is 836. The van der Waals surface area contributed by atoms with E-state index in [1.165, 1.54) is 0 Å². The average Bonchev–Trinajstić information content (AvgIpc) is 3.14. The lowest BCUT2D eigenvalue weighted by atomic mass is 10.1. The smallest absolute Gasteiger partial charge is 0.319 e. The molecule has 0 bridgehead atoms. The molecule has 0 aromatic heterocycles. The number of carbonyl (C=O) groups excluding carboxylic acids is 2. The van der Waals surface area contributed by atoms with Crippen molar-refractivity contribution >= 4 is 23.3 Å². The van der Waals surface area contributed by atoms with Crippen molar-refractivity contribution in [3.05, 3.63) is 48.0 Å². The van der Waals surface area contributed by atoms with E-state index in [4.69, 9.17) is 9.47 Å². The van der Waals surface area contributed by atoms with E-state index in [2.05, 4.69) is 10.6 Å². The highest BCUT2D eigenvalue weighted by Crippen LogP contribution is 2.33. The molecule has 2 aromatic carbocycles. The quantitative estimate of drug-likeness (QED) is 0.770. The van der Waals surface area contributed by atoms with E-state index < -0.39 is 0 Å². The summed E-state index contributed by atoms with van der Waals surface area (Å²) < 4.78 is 10.5. The summed E-state index contributed by atoms with van der Waals surface area (Å²) in [5, 5.41) is 5.63. The second-order valence-electron chi connectivity index (χ2n) is 6.51. The number of amides is 3. The maximum Gasteiger partial charge on any atom is 0.319 e. The molecule has 0 spiro atoms. The maximum atomic E-state index is 12.1. The molecule has 1 aliphatic rings. The monoisotopic (exact) mass is 383 g/mol. The van der Waals surface area contributed by atoms with Gasteiger partial charge in [-0.25, -0.2) is 4.79 Å². The summed E-state index contributed by atoms with van der Waals surface area (Å²) >= 11 is 0. The predicted molar refractivity (Wildman–Crippen MR) is 108 cm³/mol. The van der Waals surface area contributed by atoms with Gasteiger partial charge in [0.2, 0.25) is 5.91 Å². The van der Waals surface area contributed by atoms with Crippen LogP contribution in [-0.4, -0.2) is 39.2 Å². The first-order chi connectivity index (χ1) is 13.6. The molecule has 1 aliphatic heterocycles. The molecule has 7 heteroatoms. The minimum atomic E-state index is -0.291. The number of hydrogen-bond acceptors (Lipinski definition) is 4. The van der Waals surface area contributed by atoms with E-state index in [0.717, 1.165) is 29.8 Å². The van der Waals surface area contributed by atoms with Gasteiger partial charge < -0.3 is 25.0 Å². The zero-order valence-electron chi connectivity index (χ0n) is 16.2. The molecule has 0 saturated carbocycles. The zero-order valence-corrected chi connectivity index (χ0v) is 16.2. The molecule has 28 heavy (non-hydrogen) atoms. The van der Waals surface area contributed by atoms with E-state index in [0.29, 0.717) is 30.9 Å². The molecule has 0 atom stereocenters. The van der Waals surface area contributed by atoms with Gasteiger partial charge in [0.05, 0.1) is 19.9 Å². The van der Waals surface area contributed by atoms with Crippen molar-refractivity contribution in [1.82, 2.24) is 5.32 Å². The van der Waals surface area contributed by atoms with E-state index in [-0.39, 0.29) is 11.9 Å². The van der Waals surface area contributed by atoms with Crippen molar-refractivity contribution in [1.29, 1.82) is 0 Å². The molecule has 148 valence electrons. The Kier molecular flexibility index (Phi) is 6.37. The Morgan fingerprint density at radius 1 is 1.11 bits per heavy atom. The zero-order chi connectivity index (χ0) is 19.9. The summed E-state index contributed by atoms with van der Waals surface area (Å²) in [7, 11) is 3.18. The SMILES string of the molecule is COc1ccc(CCNC(=O)Nc2ccc(N3CCCC3=O)c(OC)c2)cc1. The Labute approximate surface area is 164 Å². The highest BCUT2D eigenvalue weighted by molar-refractivity contribution is 5.97. The van der Waals surface area contributed by atoms with Crippen LogP contribution in [0.4, 0.5) is 16.2 Å². The summed E-state index contributed by atoms with van der Waals surface area (Å²) in [6.07, 6.45) is 2.12. The molecule has 2 aromatic rings. The van der Waals surface area contributed by atoms with E-state index in [1.54, 1.807) is 37.3 Å². The standard InChI is InChI=1S/C21H25N3O4/c1-27-17-8-5-15(6-9-17)11-12-22-21(26)23-16-7-10-18(19(14-16)28-2)24-13-3-4-20(24)25/h5-10,14H,3-4,11-13H2,1-2H3,(H2,22,23,26). The van der Waals surface area contributed by atoms with Crippen LogP contribution in [0.25, 0.3) is 0 Å². The Hall–Kier alpha value is -3.22. The third-order valence-corrected chi connectivity index (χ3v) is 4.66. The van der Waals surface area contributed by atoms with E-state index >= 15 is 0 Å². The van der Waals surface area contributed by atoms with Crippen LogP contribution >= 0.6 is 0 Å². The third-order valence-electron chi connectivity index (χ3n) is 4.66. The van der Waals surface area contributed by atoms with Crippen molar-refractivity contribution in [3.63, 3.8) is 0 Å². The summed E-state index contributed by atoms with van der Waals surface area (Å²) in [6.45, 7) is 1.20. The number of benzene rings is 2. The van der Waals surface area contributed by atoms with E-state index in [9.17, 15) is 9.59 Å². The lowest BCUT2D eigenvalue weighted by Crippen LogP contribution is -2.30. The molecule has 0 radical (unpaired) electrons. The van der Waals surface area contributed by atoms with Gasteiger partial charge in [-0.3, -0.25) is 4.79 Å². The molecule has 1 saturated heterocycles. The number of urea groups is 1. The summed E-state index contributed by atoms with van der Waals surface area (Å²) in [5.74, 6) is 1.46. The van der Waals surface area contributed by atoms with Crippen LogP contribution in [0.15, 0.2) is 42.5 Å². The lowest BCUT2D eigenvalue weighted by molar-refractivity contribution is -0.117.